The second-order valence-electron chi connectivity index (χ2n) is 5.77. The average molecular weight is 393 g/mol. The van der Waals surface area contributed by atoms with Crippen LogP contribution in [0.5, 0.6) is 5.75 Å². The first-order valence-electron chi connectivity index (χ1n) is 8.23. The minimum atomic E-state index is -0.438. The van der Waals surface area contributed by atoms with Gasteiger partial charge in [0.1, 0.15) is 5.75 Å². The summed E-state index contributed by atoms with van der Waals surface area (Å²) in [6, 6.07) is 14.6. The summed E-state index contributed by atoms with van der Waals surface area (Å²) in [6.45, 7) is 1.91. The highest BCUT2D eigenvalue weighted by molar-refractivity contribution is 6.35. The fourth-order valence-electron chi connectivity index (χ4n) is 2.56. The van der Waals surface area contributed by atoms with Gasteiger partial charge in [0, 0.05) is 23.9 Å². The molecular formula is C19H18Cl2N2O3. The van der Waals surface area contributed by atoms with Crippen molar-refractivity contribution in [1.82, 2.24) is 5.01 Å². The molecular weight excluding hydrogens is 375 g/mol. The maximum Gasteiger partial charge on any atom is 0.242 e. The standard InChI is InChI=1S/C19H18Cl2N2O3/c1-13(24)23-18(26-19(22-23)14-6-3-2-4-7-14)8-5-11-25-17-10-9-15(20)12-16(17)21/h2-4,6-7,9-10,12,18H,5,8,11H2,1H3/t18-/m0/s1. The number of halogens is 2. The molecule has 0 unspecified atom stereocenters. The van der Waals surface area contributed by atoms with Crippen molar-refractivity contribution in [3.63, 3.8) is 0 Å². The maximum atomic E-state index is 11.8. The molecule has 5 nitrogen and oxygen atoms in total. The summed E-state index contributed by atoms with van der Waals surface area (Å²) >= 11 is 11.9. The lowest BCUT2D eigenvalue weighted by molar-refractivity contribution is -0.135. The minimum absolute atomic E-state index is 0.164. The molecule has 0 saturated carbocycles. The van der Waals surface area contributed by atoms with Crippen LogP contribution in [0.4, 0.5) is 0 Å². The summed E-state index contributed by atoms with van der Waals surface area (Å²) in [4.78, 5) is 11.8. The molecule has 1 heterocycles. The number of rotatable bonds is 6. The van der Waals surface area contributed by atoms with Gasteiger partial charge in [-0.3, -0.25) is 4.79 Å². The Balaban J connectivity index is 1.55. The van der Waals surface area contributed by atoms with Crippen LogP contribution in [0.2, 0.25) is 10.0 Å². The third-order valence-electron chi connectivity index (χ3n) is 3.81. The summed E-state index contributed by atoms with van der Waals surface area (Å²) in [5.41, 5.74) is 0.838. The number of amides is 1. The molecule has 7 heteroatoms. The molecule has 136 valence electrons. The van der Waals surface area contributed by atoms with Crippen molar-refractivity contribution in [3.05, 3.63) is 64.1 Å². The molecule has 1 aliphatic rings. The highest BCUT2D eigenvalue weighted by Gasteiger charge is 2.31. The van der Waals surface area contributed by atoms with Crippen LogP contribution in [0.15, 0.2) is 53.6 Å². The lowest BCUT2D eigenvalue weighted by atomic mass is 10.2. The third-order valence-corrected chi connectivity index (χ3v) is 4.34. The van der Waals surface area contributed by atoms with Crippen LogP contribution in [0.25, 0.3) is 0 Å². The molecule has 1 aliphatic heterocycles. The number of benzene rings is 2. The Bertz CT molecular complexity index is 812. The van der Waals surface area contributed by atoms with Crippen LogP contribution in [0.1, 0.15) is 25.3 Å². The van der Waals surface area contributed by atoms with Gasteiger partial charge in [-0.05, 0) is 36.8 Å². The van der Waals surface area contributed by atoms with Crippen molar-refractivity contribution >= 4 is 35.0 Å². The molecule has 0 N–H and O–H groups in total. The third kappa shape index (κ3) is 4.48. The van der Waals surface area contributed by atoms with Gasteiger partial charge in [-0.25, -0.2) is 0 Å². The lowest BCUT2D eigenvalue weighted by Gasteiger charge is -2.19. The number of nitrogens with zero attached hydrogens (tertiary/aromatic N) is 2. The Morgan fingerprint density at radius 3 is 2.69 bits per heavy atom. The van der Waals surface area contributed by atoms with E-state index in [1.54, 1.807) is 18.2 Å². The first-order chi connectivity index (χ1) is 12.5. The van der Waals surface area contributed by atoms with Gasteiger partial charge in [0.05, 0.1) is 11.6 Å². The second-order valence-corrected chi connectivity index (χ2v) is 6.62. The van der Waals surface area contributed by atoms with Crippen LogP contribution in [0.3, 0.4) is 0 Å². The van der Waals surface area contributed by atoms with Crippen molar-refractivity contribution in [2.24, 2.45) is 5.10 Å². The largest absolute Gasteiger partial charge is 0.492 e. The predicted molar refractivity (Wildman–Crippen MR) is 102 cm³/mol. The Morgan fingerprint density at radius 2 is 2.00 bits per heavy atom. The minimum Gasteiger partial charge on any atom is -0.492 e. The zero-order chi connectivity index (χ0) is 18.5. The van der Waals surface area contributed by atoms with E-state index in [9.17, 15) is 4.79 Å². The van der Waals surface area contributed by atoms with Gasteiger partial charge >= 0.3 is 0 Å². The van der Waals surface area contributed by atoms with E-state index >= 15 is 0 Å². The predicted octanol–water partition coefficient (Wildman–Crippen LogP) is 4.72. The molecule has 0 fully saturated rings. The van der Waals surface area contributed by atoms with E-state index in [0.717, 1.165) is 5.56 Å². The molecule has 1 atom stereocenters. The smallest absolute Gasteiger partial charge is 0.242 e. The molecule has 0 aromatic heterocycles. The number of carbonyl (C=O) groups excluding carboxylic acids is 1. The van der Waals surface area contributed by atoms with E-state index in [1.807, 2.05) is 30.3 Å². The van der Waals surface area contributed by atoms with E-state index in [4.69, 9.17) is 32.7 Å². The van der Waals surface area contributed by atoms with Crippen molar-refractivity contribution in [2.75, 3.05) is 6.61 Å². The van der Waals surface area contributed by atoms with Gasteiger partial charge < -0.3 is 9.47 Å². The number of hydrogen-bond acceptors (Lipinski definition) is 4. The van der Waals surface area contributed by atoms with E-state index < -0.39 is 6.23 Å². The van der Waals surface area contributed by atoms with E-state index in [1.165, 1.54) is 11.9 Å². The fourth-order valence-corrected chi connectivity index (χ4v) is 3.02. The maximum absolute atomic E-state index is 11.8. The quantitative estimate of drug-likeness (QED) is 0.668. The molecule has 2 aromatic rings. The highest BCUT2D eigenvalue weighted by atomic mass is 35.5. The number of hydrogen-bond donors (Lipinski definition) is 0. The first-order valence-corrected chi connectivity index (χ1v) is 8.98. The van der Waals surface area contributed by atoms with E-state index in [2.05, 4.69) is 5.10 Å². The van der Waals surface area contributed by atoms with Crippen molar-refractivity contribution < 1.29 is 14.3 Å². The molecule has 1 amide bonds. The zero-order valence-corrected chi connectivity index (χ0v) is 15.7. The SMILES string of the molecule is CC(=O)N1N=C(c2ccccc2)O[C@H]1CCCOc1ccc(Cl)cc1Cl. The Morgan fingerprint density at radius 1 is 1.23 bits per heavy atom. The van der Waals surface area contributed by atoms with Crippen LogP contribution in [-0.4, -0.2) is 29.6 Å². The van der Waals surface area contributed by atoms with Crippen molar-refractivity contribution in [3.8, 4) is 5.75 Å². The highest BCUT2D eigenvalue weighted by Crippen LogP contribution is 2.28. The zero-order valence-electron chi connectivity index (χ0n) is 14.2. The summed E-state index contributed by atoms with van der Waals surface area (Å²) in [6.07, 6.45) is 0.822. The molecule has 0 saturated heterocycles. The fraction of sp³-hybridized carbons (Fsp3) is 0.263. The summed E-state index contributed by atoms with van der Waals surface area (Å²) in [5, 5.41) is 6.70. The monoisotopic (exact) mass is 392 g/mol. The van der Waals surface area contributed by atoms with Crippen LogP contribution >= 0.6 is 23.2 Å². The van der Waals surface area contributed by atoms with Gasteiger partial charge in [0.25, 0.3) is 0 Å². The van der Waals surface area contributed by atoms with Crippen molar-refractivity contribution in [1.29, 1.82) is 0 Å². The lowest BCUT2D eigenvalue weighted by Crippen LogP contribution is -2.32. The number of ether oxygens (including phenoxy) is 2. The van der Waals surface area contributed by atoms with E-state index in [0.29, 0.717) is 41.1 Å². The molecule has 0 spiro atoms. The first kappa shape index (κ1) is 18.5. The summed E-state index contributed by atoms with van der Waals surface area (Å²) in [5.74, 6) is 0.864. The van der Waals surface area contributed by atoms with Gasteiger partial charge in [-0.15, -0.1) is 5.10 Å². The van der Waals surface area contributed by atoms with Crippen LogP contribution in [-0.2, 0) is 9.53 Å². The molecule has 0 aliphatic carbocycles. The van der Waals surface area contributed by atoms with E-state index in [-0.39, 0.29) is 5.91 Å². The molecule has 3 rings (SSSR count). The van der Waals surface area contributed by atoms with Gasteiger partial charge in [0.15, 0.2) is 6.23 Å². The van der Waals surface area contributed by atoms with Gasteiger partial charge in [-0.1, -0.05) is 41.4 Å². The molecule has 2 aromatic carbocycles. The number of carbonyl (C=O) groups is 1. The number of hydrazone groups is 1. The summed E-state index contributed by atoms with van der Waals surface area (Å²) in [7, 11) is 0. The van der Waals surface area contributed by atoms with Gasteiger partial charge in [0.2, 0.25) is 11.8 Å². The normalized spacial score (nSPS) is 16.2. The topological polar surface area (TPSA) is 51.1 Å². The van der Waals surface area contributed by atoms with Crippen molar-refractivity contribution in [2.45, 2.75) is 26.0 Å². The van der Waals surface area contributed by atoms with Crippen LogP contribution in [0, 0.1) is 0 Å². The summed E-state index contributed by atoms with van der Waals surface area (Å²) < 4.78 is 11.5. The Kier molecular flexibility index (Phi) is 6.01. The Labute approximate surface area is 162 Å². The molecule has 26 heavy (non-hydrogen) atoms. The average Bonchev–Trinajstić information content (AvgIpc) is 3.05. The van der Waals surface area contributed by atoms with Gasteiger partial charge in [-0.2, -0.15) is 5.01 Å². The Hall–Kier alpha value is -2.24. The molecule has 0 radical (unpaired) electrons. The second kappa shape index (κ2) is 8.43. The molecule has 0 bridgehead atoms. The van der Waals surface area contributed by atoms with Crippen LogP contribution < -0.4 is 4.74 Å².